The van der Waals surface area contributed by atoms with Crippen LogP contribution in [-0.2, 0) is 9.53 Å². The summed E-state index contributed by atoms with van der Waals surface area (Å²) in [6.45, 7) is 3.43. The van der Waals surface area contributed by atoms with E-state index in [-0.39, 0.29) is 24.4 Å². The summed E-state index contributed by atoms with van der Waals surface area (Å²) in [6.07, 6.45) is -0.408. The predicted molar refractivity (Wildman–Crippen MR) is 74.9 cm³/mol. The van der Waals surface area contributed by atoms with Crippen LogP contribution >= 0.6 is 0 Å². The average Bonchev–Trinajstić information content (AvgIpc) is 2.45. The molecule has 0 amide bonds. The second kappa shape index (κ2) is 6.87. The Morgan fingerprint density at radius 3 is 3.05 bits per heavy atom. The third-order valence-corrected chi connectivity index (χ3v) is 3.77. The van der Waals surface area contributed by atoms with E-state index in [2.05, 4.69) is 0 Å². The molecule has 0 saturated carbocycles. The number of hydrogen-bond donors (Lipinski definition) is 1. The van der Waals surface area contributed by atoms with Crippen LogP contribution in [0.2, 0.25) is 0 Å². The predicted octanol–water partition coefficient (Wildman–Crippen LogP) is 2.07. The van der Waals surface area contributed by atoms with Gasteiger partial charge in [-0.25, -0.2) is 4.39 Å². The number of hydrogen-bond acceptors (Lipinski definition) is 4. The maximum Gasteiger partial charge on any atom is 0.306 e. The lowest BCUT2D eigenvalue weighted by molar-refractivity contribution is -0.142. The minimum atomic E-state index is -0.891. The number of ether oxygens (including phenoxy) is 2. The summed E-state index contributed by atoms with van der Waals surface area (Å²) in [4.78, 5) is 12.8. The van der Waals surface area contributed by atoms with E-state index in [9.17, 15) is 9.18 Å². The molecular formula is C15H20FNO4. The van der Waals surface area contributed by atoms with Gasteiger partial charge >= 0.3 is 5.97 Å². The molecule has 1 aliphatic heterocycles. The van der Waals surface area contributed by atoms with Crippen LogP contribution in [0.4, 0.5) is 4.39 Å². The number of rotatable bonds is 5. The van der Waals surface area contributed by atoms with Gasteiger partial charge in [0.2, 0.25) is 0 Å². The van der Waals surface area contributed by atoms with E-state index in [0.29, 0.717) is 31.0 Å². The van der Waals surface area contributed by atoms with Crippen molar-refractivity contribution in [1.29, 1.82) is 0 Å². The van der Waals surface area contributed by atoms with Crippen LogP contribution < -0.4 is 4.74 Å². The van der Waals surface area contributed by atoms with E-state index in [0.717, 1.165) is 0 Å². The number of morpholine rings is 1. The van der Waals surface area contributed by atoms with Gasteiger partial charge in [-0.3, -0.25) is 9.69 Å². The van der Waals surface area contributed by atoms with Gasteiger partial charge in [0.15, 0.2) is 0 Å². The highest BCUT2D eigenvalue weighted by Crippen LogP contribution is 2.32. The molecule has 0 bridgehead atoms. The summed E-state index contributed by atoms with van der Waals surface area (Å²) in [5.41, 5.74) is 0.496. The maximum atomic E-state index is 14.1. The van der Waals surface area contributed by atoms with E-state index in [1.54, 1.807) is 12.1 Å². The number of carbonyl (C=O) groups is 1. The standard InChI is InChI=1S/C15H20FNO4/c1-10(15-12(16)4-3-5-13(15)20-2)17-6-7-21-11(9-17)8-14(18)19/h3-5,10-11H,6-9H2,1-2H3,(H,18,19). The lowest BCUT2D eigenvalue weighted by Crippen LogP contribution is -2.44. The molecule has 21 heavy (non-hydrogen) atoms. The largest absolute Gasteiger partial charge is 0.496 e. The Hall–Kier alpha value is -1.66. The number of nitrogens with zero attached hydrogens (tertiary/aromatic N) is 1. The van der Waals surface area contributed by atoms with Crippen LogP contribution in [0.5, 0.6) is 5.75 Å². The third kappa shape index (κ3) is 3.71. The van der Waals surface area contributed by atoms with Gasteiger partial charge in [-0.2, -0.15) is 0 Å². The monoisotopic (exact) mass is 297 g/mol. The maximum absolute atomic E-state index is 14.1. The highest BCUT2D eigenvalue weighted by atomic mass is 19.1. The molecule has 1 aromatic rings. The molecule has 1 aliphatic rings. The fraction of sp³-hybridized carbons (Fsp3) is 0.533. The van der Waals surface area contributed by atoms with Crippen LogP contribution in [0.25, 0.3) is 0 Å². The van der Waals surface area contributed by atoms with Crippen molar-refractivity contribution >= 4 is 5.97 Å². The molecule has 1 saturated heterocycles. The van der Waals surface area contributed by atoms with Crippen LogP contribution in [-0.4, -0.2) is 48.9 Å². The van der Waals surface area contributed by atoms with Crippen molar-refractivity contribution in [3.63, 3.8) is 0 Å². The molecule has 2 rings (SSSR count). The van der Waals surface area contributed by atoms with Crippen molar-refractivity contribution in [2.24, 2.45) is 0 Å². The van der Waals surface area contributed by atoms with Crippen molar-refractivity contribution in [2.45, 2.75) is 25.5 Å². The number of aliphatic carboxylic acids is 1. The summed E-state index contributed by atoms with van der Waals surface area (Å²) < 4.78 is 24.8. The second-order valence-corrected chi connectivity index (χ2v) is 5.12. The van der Waals surface area contributed by atoms with E-state index < -0.39 is 5.97 Å². The SMILES string of the molecule is COc1cccc(F)c1C(C)N1CCOC(CC(=O)O)C1. The highest BCUT2D eigenvalue weighted by Gasteiger charge is 2.29. The number of carboxylic acids is 1. The second-order valence-electron chi connectivity index (χ2n) is 5.12. The van der Waals surface area contributed by atoms with Gasteiger partial charge in [0.05, 0.1) is 26.2 Å². The molecule has 0 radical (unpaired) electrons. The molecule has 6 heteroatoms. The summed E-state index contributed by atoms with van der Waals surface area (Å²) in [5, 5.41) is 8.86. The number of halogens is 1. The molecule has 1 fully saturated rings. The first-order valence-corrected chi connectivity index (χ1v) is 6.92. The van der Waals surface area contributed by atoms with Gasteiger partial charge in [-0.15, -0.1) is 0 Å². The van der Waals surface area contributed by atoms with E-state index >= 15 is 0 Å². The lowest BCUT2D eigenvalue weighted by Gasteiger charge is -2.37. The van der Waals surface area contributed by atoms with Crippen molar-refractivity contribution in [3.8, 4) is 5.75 Å². The Morgan fingerprint density at radius 2 is 2.38 bits per heavy atom. The fourth-order valence-electron chi connectivity index (χ4n) is 2.70. The van der Waals surface area contributed by atoms with Crippen LogP contribution in [0.3, 0.4) is 0 Å². The van der Waals surface area contributed by atoms with Gasteiger partial charge in [0.1, 0.15) is 11.6 Å². The third-order valence-electron chi connectivity index (χ3n) is 3.77. The van der Waals surface area contributed by atoms with Gasteiger partial charge in [-0.05, 0) is 19.1 Å². The molecule has 116 valence electrons. The average molecular weight is 297 g/mol. The first kappa shape index (κ1) is 15.7. The normalized spacial score (nSPS) is 21.0. The Balaban J connectivity index is 2.16. The van der Waals surface area contributed by atoms with Crippen molar-refractivity contribution in [2.75, 3.05) is 26.8 Å². The molecule has 1 N–H and O–H groups in total. The molecular weight excluding hydrogens is 277 g/mol. The summed E-state index contributed by atoms with van der Waals surface area (Å²) in [7, 11) is 1.51. The van der Waals surface area contributed by atoms with Gasteiger partial charge in [0, 0.05) is 24.7 Å². The number of benzene rings is 1. The zero-order valence-electron chi connectivity index (χ0n) is 12.2. The van der Waals surface area contributed by atoms with Crippen molar-refractivity contribution < 1.29 is 23.8 Å². The molecule has 5 nitrogen and oxygen atoms in total. The lowest BCUT2D eigenvalue weighted by atomic mass is 10.0. The molecule has 0 aromatic heterocycles. The fourth-order valence-corrected chi connectivity index (χ4v) is 2.70. The van der Waals surface area contributed by atoms with Gasteiger partial charge in [0.25, 0.3) is 0 Å². The summed E-state index contributed by atoms with van der Waals surface area (Å²) in [5.74, 6) is -0.704. The summed E-state index contributed by atoms with van der Waals surface area (Å²) >= 11 is 0. The highest BCUT2D eigenvalue weighted by molar-refractivity contribution is 5.67. The molecule has 0 spiro atoms. The zero-order valence-corrected chi connectivity index (χ0v) is 12.2. The van der Waals surface area contributed by atoms with Crippen molar-refractivity contribution in [3.05, 3.63) is 29.6 Å². The first-order chi connectivity index (χ1) is 10.0. The molecule has 2 atom stereocenters. The minimum absolute atomic E-state index is 0.0440. The molecule has 0 aliphatic carbocycles. The van der Waals surface area contributed by atoms with E-state index in [1.807, 2.05) is 11.8 Å². The van der Waals surface area contributed by atoms with Gasteiger partial charge in [-0.1, -0.05) is 6.07 Å². The molecule has 1 aromatic carbocycles. The Labute approximate surface area is 123 Å². The van der Waals surface area contributed by atoms with E-state index in [1.165, 1.54) is 13.2 Å². The van der Waals surface area contributed by atoms with E-state index in [4.69, 9.17) is 14.6 Å². The van der Waals surface area contributed by atoms with Crippen LogP contribution in [0.15, 0.2) is 18.2 Å². The van der Waals surface area contributed by atoms with Crippen molar-refractivity contribution in [1.82, 2.24) is 4.90 Å². The Morgan fingerprint density at radius 1 is 1.62 bits per heavy atom. The quantitative estimate of drug-likeness (QED) is 0.901. The Kier molecular flexibility index (Phi) is 5.14. The topological polar surface area (TPSA) is 59.0 Å². The van der Waals surface area contributed by atoms with Crippen LogP contribution in [0.1, 0.15) is 24.9 Å². The van der Waals surface area contributed by atoms with Gasteiger partial charge < -0.3 is 14.6 Å². The summed E-state index contributed by atoms with van der Waals surface area (Å²) in [6, 6.07) is 4.53. The number of carboxylic acid groups (broad SMARTS) is 1. The molecule has 2 unspecified atom stereocenters. The smallest absolute Gasteiger partial charge is 0.306 e. The molecule has 1 heterocycles. The zero-order chi connectivity index (χ0) is 15.4. The Bertz CT molecular complexity index is 508. The first-order valence-electron chi connectivity index (χ1n) is 6.92. The minimum Gasteiger partial charge on any atom is -0.496 e. The number of methoxy groups -OCH3 is 1. The van der Waals surface area contributed by atoms with Crippen LogP contribution in [0, 0.1) is 5.82 Å².